The zero-order chi connectivity index (χ0) is 17.8. The second-order valence-corrected chi connectivity index (χ2v) is 6.21. The van der Waals surface area contributed by atoms with Crippen molar-refractivity contribution in [3.05, 3.63) is 53.5 Å². The van der Waals surface area contributed by atoms with Crippen LogP contribution in [0.5, 0.6) is 5.75 Å². The molecule has 1 fully saturated rings. The van der Waals surface area contributed by atoms with E-state index < -0.39 is 0 Å². The molecule has 0 bridgehead atoms. The Morgan fingerprint density at radius 3 is 2.44 bits per heavy atom. The first-order valence-corrected chi connectivity index (χ1v) is 8.35. The molecule has 1 aromatic carbocycles. The second kappa shape index (κ2) is 7.42. The summed E-state index contributed by atoms with van der Waals surface area (Å²) in [6.45, 7) is 5.99. The number of ether oxygens (including phenoxy) is 1. The molecule has 0 unspecified atom stereocenters. The maximum absolute atomic E-state index is 12.3. The van der Waals surface area contributed by atoms with Crippen molar-refractivity contribution in [1.82, 2.24) is 9.80 Å². The summed E-state index contributed by atoms with van der Waals surface area (Å²) in [7, 11) is 0. The predicted molar refractivity (Wildman–Crippen MR) is 92.6 cm³/mol. The van der Waals surface area contributed by atoms with Crippen LogP contribution in [0.25, 0.3) is 0 Å². The van der Waals surface area contributed by atoms with Crippen LogP contribution >= 0.6 is 0 Å². The van der Waals surface area contributed by atoms with Crippen molar-refractivity contribution >= 4 is 11.8 Å². The van der Waals surface area contributed by atoms with Crippen molar-refractivity contribution in [3.63, 3.8) is 0 Å². The van der Waals surface area contributed by atoms with Crippen molar-refractivity contribution in [2.24, 2.45) is 0 Å². The van der Waals surface area contributed by atoms with E-state index in [1.807, 2.05) is 32.0 Å². The molecular weight excluding hydrogens is 320 g/mol. The quantitative estimate of drug-likeness (QED) is 0.855. The number of amides is 2. The van der Waals surface area contributed by atoms with Gasteiger partial charge in [-0.25, -0.2) is 0 Å². The number of carbonyl (C=O) groups excluding carboxylic acids is 2. The van der Waals surface area contributed by atoms with Crippen LogP contribution in [-0.2, 0) is 4.79 Å². The minimum atomic E-state index is -0.136. The highest BCUT2D eigenvalue weighted by Crippen LogP contribution is 2.19. The summed E-state index contributed by atoms with van der Waals surface area (Å²) in [4.78, 5) is 28.0. The minimum Gasteiger partial charge on any atom is -0.484 e. The average Bonchev–Trinajstić information content (AvgIpc) is 3.15. The van der Waals surface area contributed by atoms with E-state index in [9.17, 15) is 9.59 Å². The maximum Gasteiger partial charge on any atom is 0.289 e. The molecule has 0 spiro atoms. The smallest absolute Gasteiger partial charge is 0.289 e. The highest BCUT2D eigenvalue weighted by Gasteiger charge is 2.26. The lowest BCUT2D eigenvalue weighted by Crippen LogP contribution is -2.51. The van der Waals surface area contributed by atoms with Gasteiger partial charge in [-0.15, -0.1) is 0 Å². The van der Waals surface area contributed by atoms with Crippen LogP contribution in [0.2, 0.25) is 0 Å². The van der Waals surface area contributed by atoms with E-state index >= 15 is 0 Å². The lowest BCUT2D eigenvalue weighted by atomic mass is 10.1. The average molecular weight is 342 g/mol. The van der Waals surface area contributed by atoms with E-state index in [0.717, 1.165) is 16.9 Å². The molecule has 6 heteroatoms. The monoisotopic (exact) mass is 342 g/mol. The van der Waals surface area contributed by atoms with Crippen LogP contribution in [0.15, 0.2) is 41.0 Å². The van der Waals surface area contributed by atoms with Gasteiger partial charge in [0.2, 0.25) is 0 Å². The molecule has 0 saturated carbocycles. The van der Waals surface area contributed by atoms with Gasteiger partial charge in [0.25, 0.3) is 11.8 Å². The molecule has 1 aliphatic heterocycles. The Bertz CT molecular complexity index is 747. The number of hydrogen-bond acceptors (Lipinski definition) is 4. The Hall–Kier alpha value is -2.76. The molecule has 6 nitrogen and oxygen atoms in total. The zero-order valence-electron chi connectivity index (χ0n) is 14.5. The van der Waals surface area contributed by atoms with Crippen molar-refractivity contribution in [3.8, 4) is 5.75 Å². The summed E-state index contributed by atoms with van der Waals surface area (Å²) in [6.07, 6.45) is 1.48. The summed E-state index contributed by atoms with van der Waals surface area (Å²) < 4.78 is 10.8. The van der Waals surface area contributed by atoms with Crippen molar-refractivity contribution in [2.75, 3.05) is 32.8 Å². The van der Waals surface area contributed by atoms with Gasteiger partial charge in [-0.1, -0.05) is 17.7 Å². The van der Waals surface area contributed by atoms with Gasteiger partial charge in [0.15, 0.2) is 12.4 Å². The Morgan fingerprint density at radius 2 is 1.80 bits per heavy atom. The molecule has 1 aliphatic rings. The molecule has 0 aliphatic carbocycles. The summed E-state index contributed by atoms with van der Waals surface area (Å²) in [5, 5.41) is 0. The van der Waals surface area contributed by atoms with E-state index in [0.29, 0.717) is 31.9 Å². The Balaban J connectivity index is 1.49. The Labute approximate surface area is 147 Å². The van der Waals surface area contributed by atoms with Crippen LogP contribution < -0.4 is 4.74 Å². The van der Waals surface area contributed by atoms with Crippen LogP contribution in [0.3, 0.4) is 0 Å². The van der Waals surface area contributed by atoms with E-state index in [4.69, 9.17) is 9.15 Å². The van der Waals surface area contributed by atoms with Crippen molar-refractivity contribution in [2.45, 2.75) is 13.8 Å². The molecule has 2 heterocycles. The van der Waals surface area contributed by atoms with E-state index in [2.05, 4.69) is 0 Å². The number of piperazine rings is 1. The molecule has 1 saturated heterocycles. The van der Waals surface area contributed by atoms with Gasteiger partial charge >= 0.3 is 0 Å². The molecule has 2 aromatic rings. The lowest BCUT2D eigenvalue weighted by molar-refractivity contribution is -0.134. The van der Waals surface area contributed by atoms with Gasteiger partial charge in [-0.3, -0.25) is 9.59 Å². The molecular formula is C19H22N2O4. The minimum absolute atomic E-state index is 0.00995. The van der Waals surface area contributed by atoms with Gasteiger partial charge in [-0.2, -0.15) is 0 Å². The second-order valence-electron chi connectivity index (χ2n) is 6.21. The Kier molecular flexibility index (Phi) is 5.07. The van der Waals surface area contributed by atoms with E-state index in [1.54, 1.807) is 21.9 Å². The van der Waals surface area contributed by atoms with Crippen LogP contribution in [0.4, 0.5) is 0 Å². The summed E-state index contributed by atoms with van der Waals surface area (Å²) in [6, 6.07) is 9.22. The number of aryl methyl sites for hydroxylation is 2. The first-order valence-electron chi connectivity index (χ1n) is 8.35. The van der Waals surface area contributed by atoms with Crippen LogP contribution in [0, 0.1) is 13.8 Å². The molecule has 3 rings (SSSR count). The molecule has 1 aromatic heterocycles. The van der Waals surface area contributed by atoms with E-state index in [1.165, 1.54) is 6.26 Å². The number of nitrogens with zero attached hydrogens (tertiary/aromatic N) is 2. The summed E-state index contributed by atoms with van der Waals surface area (Å²) in [5.74, 6) is 0.859. The Morgan fingerprint density at radius 1 is 1.08 bits per heavy atom. The zero-order valence-corrected chi connectivity index (χ0v) is 14.5. The van der Waals surface area contributed by atoms with Gasteiger partial charge in [0.1, 0.15) is 5.75 Å². The first kappa shape index (κ1) is 17.1. The van der Waals surface area contributed by atoms with Gasteiger partial charge < -0.3 is 19.0 Å². The number of furan rings is 1. The molecule has 0 radical (unpaired) electrons. The molecule has 132 valence electrons. The fraction of sp³-hybridized carbons (Fsp3) is 0.368. The highest BCUT2D eigenvalue weighted by molar-refractivity contribution is 5.91. The third kappa shape index (κ3) is 4.02. The SMILES string of the molecule is Cc1ccc(OCC(=O)N2CCN(C(=O)c3ccco3)CC2)c(C)c1. The lowest BCUT2D eigenvalue weighted by Gasteiger charge is -2.34. The van der Waals surface area contributed by atoms with E-state index in [-0.39, 0.29) is 18.4 Å². The molecule has 2 amide bonds. The van der Waals surface area contributed by atoms with Gasteiger partial charge in [0.05, 0.1) is 6.26 Å². The predicted octanol–water partition coefficient (Wildman–Crippen LogP) is 2.26. The summed E-state index contributed by atoms with van der Waals surface area (Å²) >= 11 is 0. The molecule has 25 heavy (non-hydrogen) atoms. The highest BCUT2D eigenvalue weighted by atomic mass is 16.5. The number of benzene rings is 1. The topological polar surface area (TPSA) is 63.0 Å². The number of rotatable bonds is 4. The van der Waals surface area contributed by atoms with Crippen LogP contribution in [-0.4, -0.2) is 54.4 Å². The maximum atomic E-state index is 12.3. The number of hydrogen-bond donors (Lipinski definition) is 0. The van der Waals surface area contributed by atoms with Crippen molar-refractivity contribution in [1.29, 1.82) is 0 Å². The fourth-order valence-electron chi connectivity index (χ4n) is 2.91. The number of carbonyl (C=O) groups is 2. The standard InChI is InChI=1S/C19H22N2O4/c1-14-5-6-16(15(2)12-14)25-13-18(22)20-7-9-21(10-8-20)19(23)17-4-3-11-24-17/h3-6,11-12H,7-10,13H2,1-2H3. The molecule has 0 atom stereocenters. The normalized spacial score (nSPS) is 14.5. The van der Waals surface area contributed by atoms with Crippen molar-refractivity contribution < 1.29 is 18.7 Å². The first-order chi connectivity index (χ1) is 12.0. The molecule has 0 N–H and O–H groups in total. The van der Waals surface area contributed by atoms with Gasteiger partial charge in [0, 0.05) is 26.2 Å². The fourth-order valence-corrected chi connectivity index (χ4v) is 2.91. The van der Waals surface area contributed by atoms with Crippen LogP contribution in [0.1, 0.15) is 21.7 Å². The largest absolute Gasteiger partial charge is 0.484 e. The van der Waals surface area contributed by atoms with Gasteiger partial charge in [-0.05, 0) is 37.6 Å². The third-order valence-electron chi connectivity index (χ3n) is 4.33. The summed E-state index contributed by atoms with van der Waals surface area (Å²) in [5.41, 5.74) is 2.18. The third-order valence-corrected chi connectivity index (χ3v) is 4.33.